The number of rotatable bonds is 4. The summed E-state index contributed by atoms with van der Waals surface area (Å²) in [4.78, 5) is 26.8. The Kier molecular flexibility index (Phi) is 3.53. The first-order chi connectivity index (χ1) is 12.1. The number of amides is 2. The Labute approximate surface area is 149 Å². The van der Waals surface area contributed by atoms with Crippen molar-refractivity contribution in [3.63, 3.8) is 0 Å². The molecule has 4 heteroatoms. The van der Waals surface area contributed by atoms with E-state index in [0.29, 0.717) is 13.0 Å². The van der Waals surface area contributed by atoms with E-state index in [1.165, 1.54) is 43.4 Å². The first kappa shape index (κ1) is 15.6. The maximum Gasteiger partial charge on any atom is 0.247 e. The normalized spacial score (nSPS) is 39.4. The predicted octanol–water partition coefficient (Wildman–Crippen LogP) is 2.87. The van der Waals surface area contributed by atoms with Crippen molar-refractivity contribution in [1.82, 2.24) is 10.2 Å². The van der Waals surface area contributed by atoms with Gasteiger partial charge in [-0.15, -0.1) is 0 Å². The summed E-state index contributed by atoms with van der Waals surface area (Å²) in [5, 5.41) is 3.71. The first-order valence-electron chi connectivity index (χ1n) is 9.76. The number of imide groups is 1. The first-order valence-corrected chi connectivity index (χ1v) is 9.76. The number of carbonyl (C=O) groups is 2. The molecule has 2 amide bonds. The molecule has 1 N–H and O–H groups in total. The van der Waals surface area contributed by atoms with Gasteiger partial charge in [0.25, 0.3) is 0 Å². The SMILES string of the molecule is O=C1C[C@H](NC23CC4CC(CC(C4)C2)C3)C(=O)N1Cc1ccccc1. The summed E-state index contributed by atoms with van der Waals surface area (Å²) < 4.78 is 0. The van der Waals surface area contributed by atoms with Crippen molar-refractivity contribution < 1.29 is 9.59 Å². The van der Waals surface area contributed by atoms with E-state index in [0.717, 1.165) is 23.3 Å². The van der Waals surface area contributed by atoms with Gasteiger partial charge < -0.3 is 0 Å². The van der Waals surface area contributed by atoms with Gasteiger partial charge in [0, 0.05) is 5.54 Å². The van der Waals surface area contributed by atoms with Gasteiger partial charge in [-0.2, -0.15) is 0 Å². The minimum Gasteiger partial charge on any atom is -0.300 e. The van der Waals surface area contributed by atoms with Crippen molar-refractivity contribution in [2.45, 2.75) is 63.1 Å². The molecule has 1 heterocycles. The van der Waals surface area contributed by atoms with Crippen LogP contribution in [-0.4, -0.2) is 28.3 Å². The summed E-state index contributed by atoms with van der Waals surface area (Å²) in [7, 11) is 0. The molecule has 1 aromatic rings. The second kappa shape index (κ2) is 5.66. The number of benzene rings is 1. The molecule has 25 heavy (non-hydrogen) atoms. The molecule has 4 bridgehead atoms. The van der Waals surface area contributed by atoms with Crippen LogP contribution in [0.15, 0.2) is 30.3 Å². The molecule has 4 nitrogen and oxygen atoms in total. The van der Waals surface area contributed by atoms with Crippen molar-refractivity contribution in [3.8, 4) is 0 Å². The number of nitrogens with zero attached hydrogens (tertiary/aromatic N) is 1. The van der Waals surface area contributed by atoms with Gasteiger partial charge in [-0.05, 0) is 61.8 Å². The number of likely N-dealkylation sites (tertiary alicyclic amines) is 1. The Bertz CT molecular complexity index is 664. The highest BCUT2D eigenvalue weighted by molar-refractivity contribution is 6.05. The van der Waals surface area contributed by atoms with Crippen LogP contribution >= 0.6 is 0 Å². The van der Waals surface area contributed by atoms with E-state index in [1.54, 1.807) is 0 Å². The zero-order valence-electron chi connectivity index (χ0n) is 14.6. The van der Waals surface area contributed by atoms with E-state index in [-0.39, 0.29) is 23.4 Å². The summed E-state index contributed by atoms with van der Waals surface area (Å²) in [6, 6.07) is 9.49. The standard InChI is InChI=1S/C21H26N2O2/c24-19-9-18(20(25)23(19)13-14-4-2-1-3-5-14)22-21-10-15-6-16(11-21)8-17(7-15)12-21/h1-5,15-18,22H,6-13H2/t15?,16?,17?,18-,21?/m0/s1. The lowest BCUT2D eigenvalue weighted by Crippen LogP contribution is -2.61. The van der Waals surface area contributed by atoms with Crippen LogP contribution in [0.4, 0.5) is 0 Å². The van der Waals surface area contributed by atoms with E-state index in [2.05, 4.69) is 5.32 Å². The van der Waals surface area contributed by atoms with Gasteiger partial charge in [0.1, 0.15) is 0 Å². The summed E-state index contributed by atoms with van der Waals surface area (Å²) in [5.41, 5.74) is 1.14. The Morgan fingerprint density at radius 1 is 0.960 bits per heavy atom. The van der Waals surface area contributed by atoms with Gasteiger partial charge >= 0.3 is 0 Å². The van der Waals surface area contributed by atoms with Gasteiger partial charge in [0.2, 0.25) is 11.8 Å². The molecule has 1 aromatic carbocycles. The maximum absolute atomic E-state index is 12.9. The van der Waals surface area contributed by atoms with Crippen molar-refractivity contribution in [3.05, 3.63) is 35.9 Å². The smallest absolute Gasteiger partial charge is 0.247 e. The molecule has 5 aliphatic rings. The molecule has 1 saturated heterocycles. The fourth-order valence-electron chi connectivity index (χ4n) is 6.39. The molecule has 132 valence electrons. The quantitative estimate of drug-likeness (QED) is 0.859. The highest BCUT2D eigenvalue weighted by atomic mass is 16.2. The van der Waals surface area contributed by atoms with Crippen LogP contribution in [0.3, 0.4) is 0 Å². The summed E-state index contributed by atoms with van der Waals surface area (Å²) in [6.45, 7) is 0.400. The largest absolute Gasteiger partial charge is 0.300 e. The molecule has 1 aliphatic heterocycles. The lowest BCUT2D eigenvalue weighted by molar-refractivity contribution is -0.140. The molecular formula is C21H26N2O2. The summed E-state index contributed by atoms with van der Waals surface area (Å²) >= 11 is 0. The monoisotopic (exact) mass is 338 g/mol. The van der Waals surface area contributed by atoms with Crippen LogP contribution in [0.5, 0.6) is 0 Å². The van der Waals surface area contributed by atoms with E-state index < -0.39 is 0 Å². The van der Waals surface area contributed by atoms with Gasteiger partial charge in [0.05, 0.1) is 19.0 Å². The third-order valence-corrected chi connectivity index (χ3v) is 6.95. The second-order valence-electron chi connectivity index (χ2n) is 8.90. The number of nitrogens with one attached hydrogen (secondary N) is 1. The summed E-state index contributed by atoms with van der Waals surface area (Å²) in [6.07, 6.45) is 8.10. The molecule has 0 radical (unpaired) electrons. The molecule has 5 fully saturated rings. The van der Waals surface area contributed by atoms with Gasteiger partial charge in [-0.3, -0.25) is 19.8 Å². The number of carbonyl (C=O) groups excluding carboxylic acids is 2. The van der Waals surface area contributed by atoms with Gasteiger partial charge in [0.15, 0.2) is 0 Å². The Hall–Kier alpha value is -1.68. The molecule has 6 rings (SSSR count). The lowest BCUT2D eigenvalue weighted by Gasteiger charge is -2.57. The lowest BCUT2D eigenvalue weighted by atomic mass is 9.53. The average Bonchev–Trinajstić information content (AvgIpc) is 2.81. The third kappa shape index (κ3) is 2.71. The minimum absolute atomic E-state index is 0.0235. The van der Waals surface area contributed by atoms with E-state index in [1.807, 2.05) is 30.3 Å². The van der Waals surface area contributed by atoms with Crippen molar-refractivity contribution >= 4 is 11.8 Å². The van der Waals surface area contributed by atoms with Crippen molar-refractivity contribution in [1.29, 1.82) is 0 Å². The minimum atomic E-state index is -0.313. The molecule has 4 aliphatic carbocycles. The average molecular weight is 338 g/mol. The highest BCUT2D eigenvalue weighted by Crippen LogP contribution is 2.55. The molecule has 4 saturated carbocycles. The molecule has 1 atom stereocenters. The van der Waals surface area contributed by atoms with Gasteiger partial charge in [-0.25, -0.2) is 0 Å². The predicted molar refractivity (Wildman–Crippen MR) is 94.4 cm³/mol. The fraction of sp³-hybridized carbons (Fsp3) is 0.619. The van der Waals surface area contributed by atoms with Crippen LogP contribution in [0.25, 0.3) is 0 Å². The zero-order valence-corrected chi connectivity index (χ0v) is 14.6. The second-order valence-corrected chi connectivity index (χ2v) is 8.90. The highest BCUT2D eigenvalue weighted by Gasteiger charge is 2.53. The van der Waals surface area contributed by atoms with E-state index in [9.17, 15) is 9.59 Å². The molecular weight excluding hydrogens is 312 g/mol. The van der Waals surface area contributed by atoms with E-state index >= 15 is 0 Å². The van der Waals surface area contributed by atoms with E-state index in [4.69, 9.17) is 0 Å². The Morgan fingerprint density at radius 2 is 1.56 bits per heavy atom. The zero-order chi connectivity index (χ0) is 17.0. The maximum atomic E-state index is 12.9. The Morgan fingerprint density at radius 3 is 2.16 bits per heavy atom. The molecule has 0 aromatic heterocycles. The van der Waals surface area contributed by atoms with Crippen LogP contribution in [0, 0.1) is 17.8 Å². The number of hydrogen-bond acceptors (Lipinski definition) is 3. The topological polar surface area (TPSA) is 49.4 Å². The number of hydrogen-bond donors (Lipinski definition) is 1. The summed E-state index contributed by atoms with van der Waals surface area (Å²) in [5.74, 6) is 2.46. The van der Waals surface area contributed by atoms with Crippen LogP contribution < -0.4 is 5.32 Å². The third-order valence-electron chi connectivity index (χ3n) is 6.95. The van der Waals surface area contributed by atoms with Crippen molar-refractivity contribution in [2.24, 2.45) is 17.8 Å². The molecule has 0 spiro atoms. The van der Waals surface area contributed by atoms with Gasteiger partial charge in [-0.1, -0.05) is 30.3 Å². The Balaban J connectivity index is 1.31. The van der Waals surface area contributed by atoms with Crippen LogP contribution in [-0.2, 0) is 16.1 Å². The molecule has 0 unspecified atom stereocenters. The fourth-order valence-corrected chi connectivity index (χ4v) is 6.39. The van der Waals surface area contributed by atoms with Crippen LogP contribution in [0.1, 0.15) is 50.5 Å². The van der Waals surface area contributed by atoms with Crippen LogP contribution in [0.2, 0.25) is 0 Å². The van der Waals surface area contributed by atoms with Crippen molar-refractivity contribution in [2.75, 3.05) is 0 Å².